The molecule has 0 saturated heterocycles. The molecule has 0 aliphatic rings. The Balaban J connectivity index is 3.08. The number of hydrogen-bond donors (Lipinski definition) is 0. The summed E-state index contributed by atoms with van der Waals surface area (Å²) < 4.78 is 26.0. The maximum Gasteiger partial charge on any atom is 0.160 e. The van der Waals surface area contributed by atoms with Crippen LogP contribution in [0.1, 0.15) is 31.2 Å². The van der Waals surface area contributed by atoms with Crippen molar-refractivity contribution in [2.75, 3.05) is 0 Å². The van der Waals surface area contributed by atoms with Gasteiger partial charge in [-0.2, -0.15) is 0 Å². The Kier molecular flexibility index (Phi) is 4.74. The average Bonchev–Trinajstić information content (AvgIpc) is 2.21. The third kappa shape index (κ3) is 2.95. The van der Waals surface area contributed by atoms with E-state index in [4.69, 9.17) is 11.6 Å². The van der Waals surface area contributed by atoms with Crippen LogP contribution in [0.15, 0.2) is 12.1 Å². The van der Waals surface area contributed by atoms with E-state index in [1.54, 1.807) is 0 Å². The number of hydrogen-bond acceptors (Lipinski definition) is 0. The standard InChI is InChI=1S/C12H14BrClF2/c1-6(2)7(3)12(13)8-4-10(15)11(16)5-9(8)14/h4-7,12H,1-3H3. The summed E-state index contributed by atoms with van der Waals surface area (Å²) in [6, 6.07) is 2.18. The highest BCUT2D eigenvalue weighted by atomic mass is 79.9. The number of halogens is 4. The van der Waals surface area contributed by atoms with E-state index < -0.39 is 11.6 Å². The van der Waals surface area contributed by atoms with Crippen LogP contribution in [-0.2, 0) is 0 Å². The maximum absolute atomic E-state index is 13.1. The summed E-state index contributed by atoms with van der Waals surface area (Å²) in [7, 11) is 0. The van der Waals surface area contributed by atoms with Crippen molar-refractivity contribution in [2.45, 2.75) is 25.6 Å². The summed E-state index contributed by atoms with van der Waals surface area (Å²) in [4.78, 5) is -0.0740. The Bertz CT molecular complexity index is 380. The van der Waals surface area contributed by atoms with Crippen LogP contribution < -0.4 is 0 Å². The molecular formula is C12H14BrClF2. The zero-order chi connectivity index (χ0) is 12.5. The van der Waals surface area contributed by atoms with Crippen molar-refractivity contribution in [1.82, 2.24) is 0 Å². The highest BCUT2D eigenvalue weighted by Gasteiger charge is 2.22. The van der Waals surface area contributed by atoms with Crippen LogP contribution >= 0.6 is 27.5 Å². The molecule has 90 valence electrons. The van der Waals surface area contributed by atoms with E-state index in [0.29, 0.717) is 11.5 Å². The number of alkyl halides is 1. The first-order valence-electron chi connectivity index (χ1n) is 5.13. The Labute approximate surface area is 108 Å². The van der Waals surface area contributed by atoms with Crippen LogP contribution in [0.25, 0.3) is 0 Å². The van der Waals surface area contributed by atoms with Crippen LogP contribution in [0.4, 0.5) is 8.78 Å². The summed E-state index contributed by atoms with van der Waals surface area (Å²) in [5.74, 6) is -1.07. The fourth-order valence-electron chi connectivity index (χ4n) is 1.37. The van der Waals surface area contributed by atoms with Crippen molar-refractivity contribution in [3.8, 4) is 0 Å². The van der Waals surface area contributed by atoms with Crippen molar-refractivity contribution in [2.24, 2.45) is 11.8 Å². The SMILES string of the molecule is CC(C)C(C)C(Br)c1cc(F)c(F)cc1Cl. The topological polar surface area (TPSA) is 0 Å². The summed E-state index contributed by atoms with van der Waals surface area (Å²) >= 11 is 9.40. The first-order chi connectivity index (χ1) is 7.34. The minimum Gasteiger partial charge on any atom is -0.204 e. The van der Waals surface area contributed by atoms with Crippen molar-refractivity contribution >= 4 is 27.5 Å². The van der Waals surface area contributed by atoms with Gasteiger partial charge in [0.25, 0.3) is 0 Å². The van der Waals surface area contributed by atoms with Gasteiger partial charge in [0.05, 0.1) is 0 Å². The van der Waals surface area contributed by atoms with E-state index in [1.165, 1.54) is 0 Å². The minimum atomic E-state index is -0.911. The van der Waals surface area contributed by atoms with Gasteiger partial charge < -0.3 is 0 Å². The molecule has 0 amide bonds. The Hall–Kier alpha value is -0.150. The molecule has 1 aromatic carbocycles. The third-order valence-corrected chi connectivity index (χ3v) is 4.50. The van der Waals surface area contributed by atoms with E-state index in [-0.39, 0.29) is 15.8 Å². The first-order valence-corrected chi connectivity index (χ1v) is 6.42. The van der Waals surface area contributed by atoms with E-state index in [0.717, 1.165) is 12.1 Å². The molecule has 16 heavy (non-hydrogen) atoms. The fourth-order valence-corrected chi connectivity index (χ4v) is 2.76. The molecule has 0 N–H and O–H groups in total. The summed E-state index contributed by atoms with van der Waals surface area (Å²) in [5.41, 5.74) is 0.599. The molecule has 0 bridgehead atoms. The molecule has 0 aliphatic heterocycles. The molecule has 2 atom stereocenters. The average molecular weight is 312 g/mol. The van der Waals surface area contributed by atoms with Crippen molar-refractivity contribution in [1.29, 1.82) is 0 Å². The van der Waals surface area contributed by atoms with Crippen LogP contribution in [0.3, 0.4) is 0 Å². The van der Waals surface area contributed by atoms with Crippen molar-refractivity contribution < 1.29 is 8.78 Å². The second-order valence-corrected chi connectivity index (χ2v) is 5.69. The molecule has 0 saturated carbocycles. The zero-order valence-corrected chi connectivity index (χ0v) is 11.7. The predicted molar refractivity (Wildman–Crippen MR) is 67.0 cm³/mol. The van der Waals surface area contributed by atoms with Gasteiger partial charge in [0.15, 0.2) is 11.6 Å². The lowest BCUT2D eigenvalue weighted by molar-refractivity contribution is 0.412. The largest absolute Gasteiger partial charge is 0.204 e. The van der Waals surface area contributed by atoms with Gasteiger partial charge in [0.1, 0.15) is 0 Å². The Morgan fingerprint density at radius 3 is 2.12 bits per heavy atom. The molecule has 1 aromatic rings. The smallest absolute Gasteiger partial charge is 0.160 e. The quantitative estimate of drug-likeness (QED) is 0.521. The molecule has 1 rings (SSSR count). The molecule has 0 heterocycles. The van der Waals surface area contributed by atoms with Crippen LogP contribution in [0, 0.1) is 23.5 Å². The molecule has 0 nitrogen and oxygen atoms in total. The van der Waals surface area contributed by atoms with Crippen LogP contribution in [0.2, 0.25) is 5.02 Å². The normalized spacial score (nSPS) is 15.2. The summed E-state index contributed by atoms with van der Waals surface area (Å²) in [6.07, 6.45) is 0. The van der Waals surface area contributed by atoms with E-state index in [9.17, 15) is 8.78 Å². The lowest BCUT2D eigenvalue weighted by Crippen LogP contribution is -2.11. The molecule has 0 spiro atoms. The fraction of sp³-hybridized carbons (Fsp3) is 0.500. The lowest BCUT2D eigenvalue weighted by Gasteiger charge is -2.23. The highest BCUT2D eigenvalue weighted by Crippen LogP contribution is 2.39. The van der Waals surface area contributed by atoms with Gasteiger partial charge in [-0.15, -0.1) is 0 Å². The van der Waals surface area contributed by atoms with Gasteiger partial charge >= 0.3 is 0 Å². The van der Waals surface area contributed by atoms with E-state index in [1.807, 2.05) is 6.92 Å². The Morgan fingerprint density at radius 2 is 1.62 bits per heavy atom. The molecule has 0 fully saturated rings. The second kappa shape index (κ2) is 5.46. The van der Waals surface area contributed by atoms with Crippen LogP contribution in [-0.4, -0.2) is 0 Å². The predicted octanol–water partition coefficient (Wildman–Crippen LogP) is 5.35. The molecule has 0 aliphatic carbocycles. The van der Waals surface area contributed by atoms with Gasteiger partial charge in [-0.1, -0.05) is 48.3 Å². The molecular weight excluding hydrogens is 297 g/mol. The molecule has 4 heteroatoms. The van der Waals surface area contributed by atoms with Crippen molar-refractivity contribution in [3.63, 3.8) is 0 Å². The maximum atomic E-state index is 13.1. The summed E-state index contributed by atoms with van der Waals surface area (Å²) in [5, 5.41) is 0.258. The zero-order valence-electron chi connectivity index (χ0n) is 9.40. The summed E-state index contributed by atoms with van der Waals surface area (Å²) in [6.45, 7) is 6.20. The minimum absolute atomic E-state index is 0.0740. The van der Waals surface area contributed by atoms with Crippen molar-refractivity contribution in [3.05, 3.63) is 34.4 Å². The number of benzene rings is 1. The van der Waals surface area contributed by atoms with Gasteiger partial charge in [0, 0.05) is 9.85 Å². The third-order valence-electron chi connectivity index (χ3n) is 2.85. The lowest BCUT2D eigenvalue weighted by atomic mass is 9.91. The van der Waals surface area contributed by atoms with Gasteiger partial charge in [-0.05, 0) is 29.5 Å². The van der Waals surface area contributed by atoms with Crippen LogP contribution in [0.5, 0.6) is 0 Å². The molecule has 0 radical (unpaired) electrons. The Morgan fingerprint density at radius 1 is 1.12 bits per heavy atom. The van der Waals surface area contributed by atoms with Gasteiger partial charge in [-0.25, -0.2) is 8.78 Å². The second-order valence-electron chi connectivity index (χ2n) is 4.29. The highest BCUT2D eigenvalue weighted by molar-refractivity contribution is 9.09. The van der Waals surface area contributed by atoms with E-state index in [2.05, 4.69) is 29.8 Å². The monoisotopic (exact) mass is 310 g/mol. The first kappa shape index (κ1) is 13.9. The van der Waals surface area contributed by atoms with Gasteiger partial charge in [-0.3, -0.25) is 0 Å². The van der Waals surface area contributed by atoms with E-state index >= 15 is 0 Å². The van der Waals surface area contributed by atoms with Gasteiger partial charge in [0.2, 0.25) is 0 Å². The number of rotatable bonds is 3. The molecule has 0 aromatic heterocycles. The molecule has 2 unspecified atom stereocenters.